The Balaban J connectivity index is 5.26. The minimum absolute atomic E-state index is 0.106. The number of ether oxygens (including phenoxy) is 4. The van der Waals surface area contributed by atoms with E-state index in [9.17, 15) is 43.2 Å². The topological polar surface area (TPSA) is 237 Å². The quantitative estimate of drug-likeness (QED) is 0.0222. The van der Waals surface area contributed by atoms with Gasteiger partial charge in [0.1, 0.15) is 19.3 Å². The third kappa shape index (κ3) is 68.4. The molecule has 2 unspecified atom stereocenters. The first-order chi connectivity index (χ1) is 44.9. The number of aliphatic hydroxyl groups excluding tert-OH is 1. The molecule has 0 saturated carbocycles. The highest BCUT2D eigenvalue weighted by molar-refractivity contribution is 7.47. The van der Waals surface area contributed by atoms with Crippen molar-refractivity contribution in [3.05, 3.63) is 0 Å². The molecule has 0 aliphatic carbocycles. The van der Waals surface area contributed by atoms with Crippen LogP contribution in [0.2, 0.25) is 0 Å². The summed E-state index contributed by atoms with van der Waals surface area (Å²) in [4.78, 5) is 72.8. The van der Waals surface area contributed by atoms with Gasteiger partial charge in [-0.25, -0.2) is 9.13 Å². The number of carbonyl (C=O) groups excluding carboxylic acids is 4. The number of aliphatic hydroxyl groups is 1. The summed E-state index contributed by atoms with van der Waals surface area (Å²) in [5, 5.41) is 10.6. The van der Waals surface area contributed by atoms with E-state index in [1.807, 2.05) is 0 Å². The fourth-order valence-corrected chi connectivity index (χ4v) is 12.9. The Labute approximate surface area is 568 Å². The third-order valence-electron chi connectivity index (χ3n) is 17.2. The molecule has 0 aliphatic rings. The van der Waals surface area contributed by atoms with Gasteiger partial charge in [0.25, 0.3) is 0 Å². The van der Waals surface area contributed by atoms with E-state index < -0.39 is 97.5 Å². The second kappa shape index (κ2) is 66.0. The number of phosphoric acid groups is 2. The molecular weight excluding hydrogens is 1220 g/mol. The first-order valence-electron chi connectivity index (χ1n) is 38.5. The summed E-state index contributed by atoms with van der Waals surface area (Å²) >= 11 is 0. The molecule has 0 fully saturated rings. The van der Waals surface area contributed by atoms with Crippen molar-refractivity contribution in [3.63, 3.8) is 0 Å². The second-order valence-corrected chi connectivity index (χ2v) is 30.5. The maximum absolute atomic E-state index is 13.1. The van der Waals surface area contributed by atoms with E-state index in [1.54, 1.807) is 0 Å². The van der Waals surface area contributed by atoms with Crippen molar-refractivity contribution in [2.75, 3.05) is 39.6 Å². The lowest BCUT2D eigenvalue weighted by molar-refractivity contribution is -0.161. The number of hydrogen-bond donors (Lipinski definition) is 3. The maximum atomic E-state index is 13.1. The van der Waals surface area contributed by atoms with Crippen molar-refractivity contribution in [1.82, 2.24) is 0 Å². The van der Waals surface area contributed by atoms with E-state index in [1.165, 1.54) is 199 Å². The van der Waals surface area contributed by atoms with Crippen LogP contribution in [0.4, 0.5) is 0 Å². The summed E-state index contributed by atoms with van der Waals surface area (Å²) in [5.74, 6) is -0.599. The van der Waals surface area contributed by atoms with Gasteiger partial charge >= 0.3 is 39.5 Å². The van der Waals surface area contributed by atoms with Crippen molar-refractivity contribution in [3.8, 4) is 0 Å². The first-order valence-corrected chi connectivity index (χ1v) is 41.5. The van der Waals surface area contributed by atoms with E-state index in [4.69, 9.17) is 37.0 Å². The Morgan fingerprint density at radius 1 is 0.290 bits per heavy atom. The molecule has 0 aromatic rings. The molecule has 19 heteroatoms. The SMILES string of the molecule is CCCCCCCCCCCCCCCCC(=O)OC[C@H](COP(=O)(O)OC[C@@H](O)COP(=O)(O)OC[C@@H](COC(=O)CCCCCCCCCCCCCC)OC(=O)CCCCCCCCCCCCC(C)C)OC(=O)CCCCCCCCCCCCCC(C)C. The molecule has 3 N–H and O–H groups in total. The average Bonchev–Trinajstić information content (AvgIpc) is 2.76. The van der Waals surface area contributed by atoms with Gasteiger partial charge in [-0.05, 0) is 37.5 Å². The summed E-state index contributed by atoms with van der Waals surface area (Å²) in [6.45, 7) is 9.58. The molecule has 0 saturated heterocycles. The van der Waals surface area contributed by atoms with Gasteiger partial charge in [0.2, 0.25) is 0 Å². The monoisotopic (exact) mass is 1370 g/mol. The fraction of sp³-hybridized carbons (Fsp3) is 0.946. The zero-order valence-corrected chi connectivity index (χ0v) is 62.3. The van der Waals surface area contributed by atoms with Gasteiger partial charge in [0, 0.05) is 25.7 Å². The fourth-order valence-electron chi connectivity index (χ4n) is 11.3. The van der Waals surface area contributed by atoms with Gasteiger partial charge in [-0.2, -0.15) is 0 Å². The highest BCUT2D eigenvalue weighted by Gasteiger charge is 2.30. The highest BCUT2D eigenvalue weighted by Crippen LogP contribution is 2.45. The van der Waals surface area contributed by atoms with Gasteiger partial charge in [0.15, 0.2) is 12.2 Å². The number of hydrogen-bond acceptors (Lipinski definition) is 15. The molecule has 0 aromatic carbocycles. The zero-order valence-electron chi connectivity index (χ0n) is 60.6. The molecule has 0 heterocycles. The Hall–Kier alpha value is -1.94. The summed E-state index contributed by atoms with van der Waals surface area (Å²) in [6.07, 6.45) is 52.5. The number of unbranched alkanes of at least 4 members (excludes halogenated alkanes) is 43. The predicted octanol–water partition coefficient (Wildman–Crippen LogP) is 21.6. The van der Waals surface area contributed by atoms with Gasteiger partial charge < -0.3 is 33.8 Å². The van der Waals surface area contributed by atoms with Gasteiger partial charge in [-0.1, -0.05) is 330 Å². The number of rotatable bonds is 73. The summed E-state index contributed by atoms with van der Waals surface area (Å²) in [5.41, 5.74) is 0. The van der Waals surface area contributed by atoms with Crippen molar-refractivity contribution < 1.29 is 80.2 Å². The molecule has 0 bridgehead atoms. The lowest BCUT2D eigenvalue weighted by Crippen LogP contribution is -2.30. The smallest absolute Gasteiger partial charge is 0.462 e. The maximum Gasteiger partial charge on any atom is 0.472 e. The Morgan fingerprint density at radius 2 is 0.495 bits per heavy atom. The van der Waals surface area contributed by atoms with Crippen LogP contribution in [0.25, 0.3) is 0 Å². The summed E-state index contributed by atoms with van der Waals surface area (Å²) in [6, 6.07) is 0. The van der Waals surface area contributed by atoms with Crippen molar-refractivity contribution in [1.29, 1.82) is 0 Å². The number of phosphoric ester groups is 2. The average molecular weight is 1370 g/mol. The summed E-state index contributed by atoms with van der Waals surface area (Å²) < 4.78 is 68.5. The first kappa shape index (κ1) is 91.1. The minimum atomic E-state index is -4.95. The van der Waals surface area contributed by atoms with Crippen LogP contribution >= 0.6 is 15.6 Å². The van der Waals surface area contributed by atoms with Gasteiger partial charge in [-0.15, -0.1) is 0 Å². The molecule has 0 amide bonds. The molecule has 0 spiro atoms. The molecule has 5 atom stereocenters. The van der Waals surface area contributed by atoms with Crippen LogP contribution in [-0.4, -0.2) is 96.7 Å². The third-order valence-corrected chi connectivity index (χ3v) is 19.1. The predicted molar refractivity (Wildman–Crippen MR) is 377 cm³/mol. The van der Waals surface area contributed by atoms with E-state index >= 15 is 0 Å². The summed E-state index contributed by atoms with van der Waals surface area (Å²) in [7, 11) is -9.91. The normalized spacial score (nSPS) is 14.1. The lowest BCUT2D eigenvalue weighted by Gasteiger charge is -2.21. The van der Waals surface area contributed by atoms with E-state index in [2.05, 4.69) is 41.5 Å². The van der Waals surface area contributed by atoms with Crippen LogP contribution in [0.5, 0.6) is 0 Å². The molecular formula is C74H144O17P2. The van der Waals surface area contributed by atoms with Crippen LogP contribution in [0.3, 0.4) is 0 Å². The van der Waals surface area contributed by atoms with E-state index in [0.717, 1.165) is 102 Å². The van der Waals surface area contributed by atoms with Crippen LogP contribution in [0, 0.1) is 11.8 Å². The lowest BCUT2D eigenvalue weighted by atomic mass is 10.0. The second-order valence-electron chi connectivity index (χ2n) is 27.6. The van der Waals surface area contributed by atoms with Crippen LogP contribution in [0.1, 0.15) is 382 Å². The van der Waals surface area contributed by atoms with Crippen LogP contribution in [-0.2, 0) is 65.4 Å². The molecule has 0 aliphatic heterocycles. The van der Waals surface area contributed by atoms with Crippen molar-refractivity contribution >= 4 is 39.5 Å². The standard InChI is InChI=1S/C74H144O17P2/c1-7-9-11-13-15-17-19-21-22-26-33-39-45-51-57-72(77)85-62-69(90-73(78)58-52-46-40-34-27-23-24-30-36-42-48-54-66(3)4)64-88-92(80,81)86-60-68(75)61-87-93(82,83)89-65-70(63-84-71(76)56-50-44-38-32-25-20-18-16-14-12-10-8-2)91-74(79)59-53-47-41-35-29-28-31-37-43-49-55-67(5)6/h66-70,75H,7-65H2,1-6H3,(H,80,81)(H,82,83)/t68-,69-,70-/m1/s1. The van der Waals surface area contributed by atoms with Gasteiger partial charge in [-0.3, -0.25) is 37.3 Å². The number of esters is 4. The highest BCUT2D eigenvalue weighted by atomic mass is 31.2. The van der Waals surface area contributed by atoms with Crippen molar-refractivity contribution in [2.45, 2.75) is 400 Å². The largest absolute Gasteiger partial charge is 0.472 e. The Kier molecular flexibility index (Phi) is 64.6. The molecule has 93 heavy (non-hydrogen) atoms. The van der Waals surface area contributed by atoms with E-state index in [0.29, 0.717) is 25.7 Å². The molecule has 0 radical (unpaired) electrons. The molecule has 0 rings (SSSR count). The molecule has 17 nitrogen and oxygen atoms in total. The van der Waals surface area contributed by atoms with Gasteiger partial charge in [0.05, 0.1) is 26.4 Å². The Bertz CT molecular complexity index is 1800. The van der Waals surface area contributed by atoms with Crippen LogP contribution < -0.4 is 0 Å². The van der Waals surface area contributed by atoms with Crippen LogP contribution in [0.15, 0.2) is 0 Å². The van der Waals surface area contributed by atoms with Crippen molar-refractivity contribution in [2.24, 2.45) is 11.8 Å². The minimum Gasteiger partial charge on any atom is -0.462 e. The molecule has 0 aromatic heterocycles. The van der Waals surface area contributed by atoms with E-state index in [-0.39, 0.29) is 25.7 Å². The molecule has 552 valence electrons. The zero-order chi connectivity index (χ0) is 68.6. The number of carbonyl (C=O) groups is 4. The Morgan fingerprint density at radius 3 is 0.731 bits per heavy atom.